The van der Waals surface area contributed by atoms with Gasteiger partial charge in [0, 0.05) is 30.9 Å². The second kappa shape index (κ2) is 9.63. The van der Waals surface area contributed by atoms with E-state index in [2.05, 4.69) is 23.8 Å². The summed E-state index contributed by atoms with van der Waals surface area (Å²) in [5.74, 6) is 0.952. The van der Waals surface area contributed by atoms with E-state index in [-0.39, 0.29) is 47.5 Å². The van der Waals surface area contributed by atoms with Gasteiger partial charge in [-0.05, 0) is 36.2 Å². The number of carbonyl (C=O) groups is 2. The molecule has 0 bridgehead atoms. The fourth-order valence-corrected chi connectivity index (χ4v) is 5.26. The Hall–Kier alpha value is -2.36. The summed E-state index contributed by atoms with van der Waals surface area (Å²) in [7, 11) is -2.39. The number of aryl methyl sites for hydroxylation is 1. The van der Waals surface area contributed by atoms with Crippen LogP contribution in [0.5, 0.6) is 5.75 Å². The number of hydrogen-bond acceptors (Lipinski definition) is 6. The SMILES string of the molecule is COc1ccc(S(=O)(=O)NCCSCc2ccccc2C)cc1N1C(=O)CCC1=O. The summed E-state index contributed by atoms with van der Waals surface area (Å²) < 4.78 is 33.2. The number of anilines is 1. The number of carbonyl (C=O) groups excluding carboxylic acids is 2. The Morgan fingerprint density at radius 1 is 1.10 bits per heavy atom. The Morgan fingerprint density at radius 2 is 1.80 bits per heavy atom. The van der Waals surface area contributed by atoms with Gasteiger partial charge in [0.2, 0.25) is 21.8 Å². The molecule has 1 saturated heterocycles. The number of rotatable bonds is 9. The summed E-state index contributed by atoms with van der Waals surface area (Å²) in [4.78, 5) is 25.1. The molecule has 0 unspecified atom stereocenters. The molecule has 30 heavy (non-hydrogen) atoms. The van der Waals surface area contributed by atoms with Crippen LogP contribution in [0.3, 0.4) is 0 Å². The van der Waals surface area contributed by atoms with E-state index in [4.69, 9.17) is 4.74 Å². The normalized spacial score (nSPS) is 14.4. The molecule has 2 aromatic rings. The molecule has 0 saturated carbocycles. The second-order valence-corrected chi connectivity index (χ2v) is 9.71. The van der Waals surface area contributed by atoms with Crippen LogP contribution >= 0.6 is 11.8 Å². The predicted octanol–water partition coefficient (Wildman–Crippen LogP) is 2.87. The molecule has 2 amide bonds. The standard InChI is InChI=1S/C21H24N2O5S2/c1-15-5-3-4-6-16(15)14-29-12-11-22-30(26,27)17-7-8-19(28-2)18(13-17)23-20(24)9-10-21(23)25/h3-8,13,22H,9-12,14H2,1-2H3. The molecule has 0 atom stereocenters. The first-order valence-corrected chi connectivity index (χ1v) is 12.1. The van der Waals surface area contributed by atoms with E-state index in [9.17, 15) is 18.0 Å². The number of benzene rings is 2. The lowest BCUT2D eigenvalue weighted by atomic mass is 10.1. The third kappa shape index (κ3) is 5.03. The minimum Gasteiger partial charge on any atom is -0.495 e. The van der Waals surface area contributed by atoms with Crippen LogP contribution in [-0.4, -0.2) is 39.6 Å². The van der Waals surface area contributed by atoms with E-state index in [1.807, 2.05) is 12.1 Å². The molecule has 1 N–H and O–H groups in total. The second-order valence-electron chi connectivity index (χ2n) is 6.83. The minimum absolute atomic E-state index is 0.0188. The number of amides is 2. The van der Waals surface area contributed by atoms with Crippen LogP contribution in [0.2, 0.25) is 0 Å². The lowest BCUT2D eigenvalue weighted by Crippen LogP contribution is -2.30. The third-order valence-corrected chi connectivity index (χ3v) is 7.28. The molecule has 1 aliphatic rings. The number of nitrogens with one attached hydrogen (secondary N) is 1. The van der Waals surface area contributed by atoms with E-state index < -0.39 is 10.0 Å². The van der Waals surface area contributed by atoms with Crippen LogP contribution in [0.4, 0.5) is 5.69 Å². The summed E-state index contributed by atoms with van der Waals surface area (Å²) in [5, 5.41) is 0. The molecule has 0 aromatic heterocycles. The van der Waals surface area contributed by atoms with Crippen molar-refractivity contribution in [3.05, 3.63) is 53.6 Å². The highest BCUT2D eigenvalue weighted by Crippen LogP contribution is 2.34. The summed E-state index contributed by atoms with van der Waals surface area (Å²) in [5.41, 5.74) is 2.59. The third-order valence-electron chi connectivity index (χ3n) is 4.81. The monoisotopic (exact) mass is 448 g/mol. The van der Waals surface area contributed by atoms with Crippen molar-refractivity contribution in [1.82, 2.24) is 4.72 Å². The zero-order valence-electron chi connectivity index (χ0n) is 16.9. The molecule has 0 spiro atoms. The Labute approximate surface area is 180 Å². The van der Waals surface area contributed by atoms with E-state index in [1.165, 1.54) is 36.4 Å². The highest BCUT2D eigenvalue weighted by atomic mass is 32.2. The maximum absolute atomic E-state index is 12.7. The maximum atomic E-state index is 12.7. The highest BCUT2D eigenvalue weighted by Gasteiger charge is 2.33. The lowest BCUT2D eigenvalue weighted by Gasteiger charge is -2.18. The Balaban J connectivity index is 1.65. The van der Waals surface area contributed by atoms with Gasteiger partial charge >= 0.3 is 0 Å². The first-order chi connectivity index (χ1) is 14.3. The number of hydrogen-bond donors (Lipinski definition) is 1. The molecular formula is C21H24N2O5S2. The molecular weight excluding hydrogens is 424 g/mol. The van der Waals surface area contributed by atoms with Crippen LogP contribution in [0.15, 0.2) is 47.4 Å². The Morgan fingerprint density at radius 3 is 2.47 bits per heavy atom. The highest BCUT2D eigenvalue weighted by molar-refractivity contribution is 7.98. The summed E-state index contributed by atoms with van der Waals surface area (Å²) in [6, 6.07) is 12.3. The minimum atomic E-state index is -3.79. The average molecular weight is 449 g/mol. The Kier molecular flexibility index (Phi) is 7.17. The number of imide groups is 1. The van der Waals surface area contributed by atoms with Gasteiger partial charge in [0.25, 0.3) is 0 Å². The van der Waals surface area contributed by atoms with Crippen LogP contribution in [-0.2, 0) is 25.4 Å². The number of thioether (sulfide) groups is 1. The fraction of sp³-hybridized carbons (Fsp3) is 0.333. The number of methoxy groups -OCH3 is 1. The van der Waals surface area contributed by atoms with Crippen molar-refractivity contribution < 1.29 is 22.7 Å². The zero-order valence-corrected chi connectivity index (χ0v) is 18.5. The van der Waals surface area contributed by atoms with Crippen molar-refractivity contribution in [3.63, 3.8) is 0 Å². The molecule has 0 aliphatic carbocycles. The van der Waals surface area contributed by atoms with Gasteiger partial charge in [-0.25, -0.2) is 18.0 Å². The van der Waals surface area contributed by atoms with Crippen LogP contribution in [0, 0.1) is 6.92 Å². The maximum Gasteiger partial charge on any atom is 0.240 e. The van der Waals surface area contributed by atoms with Crippen molar-refractivity contribution in [1.29, 1.82) is 0 Å². The topological polar surface area (TPSA) is 92.8 Å². The van der Waals surface area contributed by atoms with Crippen LogP contribution in [0.1, 0.15) is 24.0 Å². The zero-order chi connectivity index (χ0) is 21.7. The quantitative estimate of drug-likeness (QED) is 0.468. The molecule has 3 rings (SSSR count). The van der Waals surface area contributed by atoms with Crippen molar-refractivity contribution >= 4 is 39.3 Å². The van der Waals surface area contributed by atoms with E-state index in [0.29, 0.717) is 5.75 Å². The predicted molar refractivity (Wildman–Crippen MR) is 117 cm³/mol. The van der Waals surface area contributed by atoms with E-state index in [0.717, 1.165) is 10.7 Å². The smallest absolute Gasteiger partial charge is 0.240 e. The molecule has 160 valence electrons. The van der Waals surface area contributed by atoms with Crippen molar-refractivity contribution in [3.8, 4) is 5.75 Å². The first kappa shape index (κ1) is 22.3. The summed E-state index contributed by atoms with van der Waals surface area (Å²) in [6.45, 7) is 2.32. The first-order valence-electron chi connectivity index (χ1n) is 9.49. The number of sulfonamides is 1. The molecule has 7 nitrogen and oxygen atoms in total. The van der Waals surface area contributed by atoms with Gasteiger partial charge < -0.3 is 4.74 Å². The van der Waals surface area contributed by atoms with Crippen molar-refractivity contribution in [2.24, 2.45) is 0 Å². The lowest BCUT2D eigenvalue weighted by molar-refractivity contribution is -0.121. The van der Waals surface area contributed by atoms with Crippen molar-refractivity contribution in [2.45, 2.75) is 30.4 Å². The molecule has 1 fully saturated rings. The molecule has 2 aromatic carbocycles. The van der Waals surface area contributed by atoms with Gasteiger partial charge in [0.05, 0.1) is 17.7 Å². The Bertz CT molecular complexity index is 1040. The van der Waals surface area contributed by atoms with Gasteiger partial charge in [-0.2, -0.15) is 11.8 Å². The molecule has 1 heterocycles. The molecule has 9 heteroatoms. The van der Waals surface area contributed by atoms with Crippen LogP contribution in [0.25, 0.3) is 0 Å². The van der Waals surface area contributed by atoms with Crippen molar-refractivity contribution in [2.75, 3.05) is 24.3 Å². The molecule has 1 aliphatic heterocycles. The van der Waals surface area contributed by atoms with Crippen LogP contribution < -0.4 is 14.4 Å². The van der Waals surface area contributed by atoms with Gasteiger partial charge in [-0.1, -0.05) is 24.3 Å². The summed E-state index contributed by atoms with van der Waals surface area (Å²) >= 11 is 1.64. The summed E-state index contributed by atoms with van der Waals surface area (Å²) in [6.07, 6.45) is 0.213. The molecule has 0 radical (unpaired) electrons. The fourth-order valence-electron chi connectivity index (χ4n) is 3.14. The van der Waals surface area contributed by atoms with E-state index in [1.54, 1.807) is 11.8 Å². The number of nitrogens with zero attached hydrogens (tertiary/aromatic N) is 1. The average Bonchev–Trinajstić information content (AvgIpc) is 3.06. The van der Waals surface area contributed by atoms with Gasteiger partial charge in [-0.3, -0.25) is 9.59 Å². The van der Waals surface area contributed by atoms with Gasteiger partial charge in [0.15, 0.2) is 0 Å². The van der Waals surface area contributed by atoms with Gasteiger partial charge in [0.1, 0.15) is 5.75 Å². The largest absolute Gasteiger partial charge is 0.495 e. The van der Waals surface area contributed by atoms with Gasteiger partial charge in [-0.15, -0.1) is 0 Å². The number of ether oxygens (including phenoxy) is 1. The van der Waals surface area contributed by atoms with E-state index >= 15 is 0 Å².